The van der Waals surface area contributed by atoms with Crippen LogP contribution in [0, 0.1) is 0 Å². The third kappa shape index (κ3) is 3.16. The molecule has 1 saturated heterocycles. The molecule has 0 aromatic heterocycles. The Morgan fingerprint density at radius 1 is 1.47 bits per heavy atom. The maximum Gasteiger partial charge on any atom is 0.245 e. The molecule has 1 rings (SSSR count). The number of hydrogen-bond acceptors (Lipinski definition) is 4. The lowest BCUT2D eigenvalue weighted by Crippen LogP contribution is -2.51. The first-order valence-corrected chi connectivity index (χ1v) is 5.38. The second-order valence-corrected chi connectivity index (χ2v) is 4.22. The molecule has 0 radical (unpaired) electrons. The predicted octanol–water partition coefficient (Wildman–Crippen LogP) is -2.04. The average Bonchev–Trinajstić information content (AvgIpc) is 2.58. The van der Waals surface area contributed by atoms with Gasteiger partial charge in [0.1, 0.15) is 12.1 Å². The van der Waals surface area contributed by atoms with Gasteiger partial charge in [-0.05, 0) is 6.92 Å². The quantitative estimate of drug-likeness (QED) is 0.530. The highest BCUT2D eigenvalue weighted by Gasteiger charge is 2.39. The Kier molecular flexibility index (Phi) is 4.06. The van der Waals surface area contributed by atoms with E-state index in [1.54, 1.807) is 0 Å². The molecule has 3 atom stereocenters. The molecule has 7 heteroatoms. The summed E-state index contributed by atoms with van der Waals surface area (Å²) in [5.74, 6) is -1.40. The van der Waals surface area contributed by atoms with Crippen LogP contribution in [-0.2, 0) is 14.4 Å². The summed E-state index contributed by atoms with van der Waals surface area (Å²) in [6.07, 6.45) is -0.602. The Bertz CT molecular complexity index is 344. The fourth-order valence-corrected chi connectivity index (χ4v) is 1.94. The minimum absolute atomic E-state index is 0.0658. The Hall–Kier alpha value is -1.63. The van der Waals surface area contributed by atoms with Gasteiger partial charge in [0.2, 0.25) is 17.7 Å². The number of aliphatic hydroxyl groups is 1. The highest BCUT2D eigenvalue weighted by Crippen LogP contribution is 2.18. The van der Waals surface area contributed by atoms with Crippen LogP contribution in [0.3, 0.4) is 0 Å². The monoisotopic (exact) mass is 243 g/mol. The zero-order chi connectivity index (χ0) is 13.2. The van der Waals surface area contributed by atoms with E-state index in [1.165, 1.54) is 18.7 Å². The van der Waals surface area contributed by atoms with E-state index in [1.807, 2.05) is 0 Å². The van der Waals surface area contributed by atoms with Crippen LogP contribution in [0.4, 0.5) is 0 Å². The lowest BCUT2D eigenvalue weighted by atomic mass is 10.2. The fraction of sp³-hybridized carbons (Fsp3) is 0.700. The molecule has 4 N–H and O–H groups in total. The van der Waals surface area contributed by atoms with Crippen molar-refractivity contribution in [1.82, 2.24) is 10.2 Å². The van der Waals surface area contributed by atoms with Gasteiger partial charge in [0.05, 0.1) is 6.10 Å². The van der Waals surface area contributed by atoms with Gasteiger partial charge < -0.3 is 21.1 Å². The van der Waals surface area contributed by atoms with E-state index in [0.717, 1.165) is 0 Å². The van der Waals surface area contributed by atoms with Gasteiger partial charge in [-0.15, -0.1) is 0 Å². The summed E-state index contributed by atoms with van der Waals surface area (Å²) in [6, 6.07) is -1.53. The van der Waals surface area contributed by atoms with Gasteiger partial charge in [-0.25, -0.2) is 0 Å². The Labute approximate surface area is 98.9 Å². The van der Waals surface area contributed by atoms with Crippen molar-refractivity contribution in [1.29, 1.82) is 0 Å². The summed E-state index contributed by atoms with van der Waals surface area (Å²) in [6.45, 7) is 2.89. The minimum Gasteiger partial charge on any atom is -0.391 e. The van der Waals surface area contributed by atoms with Crippen molar-refractivity contribution < 1.29 is 19.5 Å². The SMILES string of the molecule is CC(=O)N[C@@H](C)C(=O)N1C[C@@H](O)C[C@H]1C(N)=O. The largest absolute Gasteiger partial charge is 0.391 e. The van der Waals surface area contributed by atoms with E-state index < -0.39 is 30.0 Å². The molecule has 1 aliphatic rings. The molecule has 96 valence electrons. The first kappa shape index (κ1) is 13.4. The summed E-state index contributed by atoms with van der Waals surface area (Å²) in [5, 5.41) is 11.9. The maximum absolute atomic E-state index is 11.9. The van der Waals surface area contributed by atoms with Gasteiger partial charge in [-0.1, -0.05) is 0 Å². The van der Waals surface area contributed by atoms with Crippen LogP contribution < -0.4 is 11.1 Å². The van der Waals surface area contributed by atoms with Crippen molar-refractivity contribution in [2.45, 2.75) is 38.5 Å². The predicted molar refractivity (Wildman–Crippen MR) is 58.6 cm³/mol. The summed E-state index contributed by atoms with van der Waals surface area (Å²) in [5.41, 5.74) is 5.16. The third-order valence-electron chi connectivity index (χ3n) is 2.68. The van der Waals surface area contributed by atoms with Crippen molar-refractivity contribution in [3.63, 3.8) is 0 Å². The first-order valence-electron chi connectivity index (χ1n) is 5.38. The number of nitrogens with zero attached hydrogens (tertiary/aromatic N) is 1. The first-order chi connectivity index (χ1) is 7.82. The molecule has 0 unspecified atom stereocenters. The van der Waals surface area contributed by atoms with Crippen LogP contribution >= 0.6 is 0 Å². The number of hydrogen-bond donors (Lipinski definition) is 3. The molecular formula is C10H17N3O4. The molecule has 0 saturated carbocycles. The number of carbonyl (C=O) groups excluding carboxylic acids is 3. The second-order valence-electron chi connectivity index (χ2n) is 4.22. The van der Waals surface area contributed by atoms with Crippen LogP contribution in [0.2, 0.25) is 0 Å². The molecule has 0 aromatic carbocycles. The fourth-order valence-electron chi connectivity index (χ4n) is 1.94. The molecule has 0 aromatic rings. The minimum atomic E-state index is -0.797. The lowest BCUT2D eigenvalue weighted by molar-refractivity contribution is -0.140. The zero-order valence-corrected chi connectivity index (χ0v) is 9.84. The Balaban J connectivity index is 2.73. The molecule has 1 fully saturated rings. The molecule has 0 spiro atoms. The van der Waals surface area contributed by atoms with Crippen molar-refractivity contribution >= 4 is 17.7 Å². The van der Waals surface area contributed by atoms with E-state index in [0.29, 0.717) is 0 Å². The van der Waals surface area contributed by atoms with E-state index in [2.05, 4.69) is 5.32 Å². The number of aliphatic hydroxyl groups excluding tert-OH is 1. The van der Waals surface area contributed by atoms with Gasteiger partial charge in [0, 0.05) is 19.9 Å². The Morgan fingerprint density at radius 3 is 2.53 bits per heavy atom. The average molecular weight is 243 g/mol. The van der Waals surface area contributed by atoms with Gasteiger partial charge in [0.25, 0.3) is 0 Å². The number of β-amino-alcohol motifs (C(OH)–C–C–N with tert-alkyl or cyclic N) is 1. The van der Waals surface area contributed by atoms with Crippen LogP contribution in [0.25, 0.3) is 0 Å². The normalized spacial score (nSPS) is 25.5. The van der Waals surface area contributed by atoms with Crippen molar-refractivity contribution in [2.75, 3.05) is 6.54 Å². The molecule has 3 amide bonds. The number of likely N-dealkylation sites (tertiary alicyclic amines) is 1. The number of nitrogens with one attached hydrogen (secondary N) is 1. The second kappa shape index (κ2) is 5.13. The molecule has 1 aliphatic heterocycles. The van der Waals surface area contributed by atoms with E-state index in [4.69, 9.17) is 5.73 Å². The standard InChI is InChI=1S/C10H17N3O4/c1-5(12-6(2)14)10(17)13-4-7(15)3-8(13)9(11)16/h5,7-8,15H,3-4H2,1-2H3,(H2,11,16)(H,12,14)/t5-,7-,8-/m0/s1. The third-order valence-corrected chi connectivity index (χ3v) is 2.68. The number of rotatable bonds is 3. The molecule has 17 heavy (non-hydrogen) atoms. The molecule has 7 nitrogen and oxygen atoms in total. The van der Waals surface area contributed by atoms with Gasteiger partial charge in [-0.2, -0.15) is 0 Å². The molecule has 0 aliphatic carbocycles. The highest BCUT2D eigenvalue weighted by molar-refractivity contribution is 5.91. The van der Waals surface area contributed by atoms with Crippen LogP contribution in [-0.4, -0.2) is 52.5 Å². The number of amides is 3. The van der Waals surface area contributed by atoms with E-state index in [9.17, 15) is 19.5 Å². The highest BCUT2D eigenvalue weighted by atomic mass is 16.3. The molecule has 1 heterocycles. The van der Waals surface area contributed by atoms with Crippen LogP contribution in [0.15, 0.2) is 0 Å². The van der Waals surface area contributed by atoms with Crippen LogP contribution in [0.1, 0.15) is 20.3 Å². The van der Waals surface area contributed by atoms with Gasteiger partial charge >= 0.3 is 0 Å². The smallest absolute Gasteiger partial charge is 0.245 e. The van der Waals surface area contributed by atoms with Crippen molar-refractivity contribution in [2.24, 2.45) is 5.73 Å². The number of primary amides is 1. The lowest BCUT2D eigenvalue weighted by Gasteiger charge is -2.25. The maximum atomic E-state index is 11.9. The van der Waals surface area contributed by atoms with Crippen molar-refractivity contribution in [3.05, 3.63) is 0 Å². The molecule has 0 bridgehead atoms. The van der Waals surface area contributed by atoms with E-state index in [-0.39, 0.29) is 18.9 Å². The number of carbonyl (C=O) groups is 3. The van der Waals surface area contributed by atoms with Gasteiger partial charge in [0.15, 0.2) is 0 Å². The number of nitrogens with two attached hydrogens (primary N) is 1. The summed E-state index contributed by atoms with van der Waals surface area (Å²) in [4.78, 5) is 35.1. The summed E-state index contributed by atoms with van der Waals surface area (Å²) >= 11 is 0. The zero-order valence-electron chi connectivity index (χ0n) is 9.84. The van der Waals surface area contributed by atoms with Gasteiger partial charge in [-0.3, -0.25) is 14.4 Å². The summed E-state index contributed by atoms with van der Waals surface area (Å²) in [7, 11) is 0. The Morgan fingerprint density at radius 2 is 2.06 bits per heavy atom. The van der Waals surface area contributed by atoms with Crippen molar-refractivity contribution in [3.8, 4) is 0 Å². The summed E-state index contributed by atoms with van der Waals surface area (Å²) < 4.78 is 0. The topological polar surface area (TPSA) is 113 Å². The molecular weight excluding hydrogens is 226 g/mol. The van der Waals surface area contributed by atoms with Crippen LogP contribution in [0.5, 0.6) is 0 Å². The van der Waals surface area contributed by atoms with E-state index >= 15 is 0 Å².